The van der Waals surface area contributed by atoms with Crippen molar-refractivity contribution in [2.45, 2.75) is 31.8 Å². The lowest BCUT2D eigenvalue weighted by Gasteiger charge is -2.37. The first-order valence-electron chi connectivity index (χ1n) is 6.52. The average Bonchev–Trinajstić information content (AvgIpc) is 2.37. The van der Waals surface area contributed by atoms with Crippen molar-refractivity contribution in [2.24, 2.45) is 0 Å². The predicted molar refractivity (Wildman–Crippen MR) is 74.7 cm³/mol. The van der Waals surface area contributed by atoms with Crippen LogP contribution < -0.4 is 10.3 Å². The molecule has 0 saturated heterocycles. The fourth-order valence-corrected chi connectivity index (χ4v) is 2.79. The second-order valence-electron chi connectivity index (χ2n) is 5.61. The maximum absolute atomic E-state index is 12.0. The molecule has 0 amide bonds. The summed E-state index contributed by atoms with van der Waals surface area (Å²) in [7, 11) is 0. The van der Waals surface area contributed by atoms with Crippen LogP contribution in [0.15, 0.2) is 47.4 Å². The van der Waals surface area contributed by atoms with E-state index in [0.29, 0.717) is 0 Å². The number of benzene rings is 1. The van der Waals surface area contributed by atoms with Crippen molar-refractivity contribution in [1.29, 1.82) is 0 Å². The number of hydrogen-bond donors (Lipinski definition) is 1. The summed E-state index contributed by atoms with van der Waals surface area (Å²) in [6.07, 6.45) is 2.47. The molecule has 3 rings (SSSR count). The van der Waals surface area contributed by atoms with Crippen molar-refractivity contribution in [1.82, 2.24) is 4.98 Å². The van der Waals surface area contributed by atoms with Crippen LogP contribution >= 0.6 is 0 Å². The van der Waals surface area contributed by atoms with Crippen molar-refractivity contribution in [3.63, 3.8) is 0 Å². The largest absolute Gasteiger partial charge is 0.488 e. The van der Waals surface area contributed by atoms with Crippen molar-refractivity contribution in [2.75, 3.05) is 0 Å². The van der Waals surface area contributed by atoms with Gasteiger partial charge in [0.1, 0.15) is 11.4 Å². The normalized spacial score (nSPS) is 20.4. The number of aromatic amines is 1. The molecule has 0 fully saturated rings. The van der Waals surface area contributed by atoms with Gasteiger partial charge >= 0.3 is 0 Å². The minimum Gasteiger partial charge on any atom is -0.488 e. The van der Waals surface area contributed by atoms with Crippen LogP contribution in [0.3, 0.4) is 0 Å². The summed E-state index contributed by atoms with van der Waals surface area (Å²) in [4.78, 5) is 14.8. The van der Waals surface area contributed by atoms with E-state index in [1.54, 1.807) is 6.20 Å². The Morgan fingerprint density at radius 3 is 2.68 bits per heavy atom. The number of aromatic nitrogens is 1. The molecule has 2 heterocycles. The topological polar surface area (TPSA) is 42.1 Å². The molecule has 1 aliphatic heterocycles. The molecule has 0 radical (unpaired) electrons. The highest BCUT2D eigenvalue weighted by Crippen LogP contribution is 2.42. The second kappa shape index (κ2) is 4.26. The summed E-state index contributed by atoms with van der Waals surface area (Å²) in [5.41, 5.74) is 1.63. The molecule has 3 nitrogen and oxygen atoms in total. The Balaban J connectivity index is 2.16. The van der Waals surface area contributed by atoms with Gasteiger partial charge in [0, 0.05) is 23.2 Å². The van der Waals surface area contributed by atoms with E-state index in [9.17, 15) is 4.79 Å². The first-order valence-corrected chi connectivity index (χ1v) is 6.52. The summed E-state index contributed by atoms with van der Waals surface area (Å²) < 4.78 is 6.00. The van der Waals surface area contributed by atoms with Crippen molar-refractivity contribution in [3.05, 3.63) is 64.1 Å². The number of pyridine rings is 1. The van der Waals surface area contributed by atoms with Gasteiger partial charge in [-0.05, 0) is 32.4 Å². The zero-order chi connectivity index (χ0) is 13.5. The average molecular weight is 255 g/mol. The predicted octanol–water partition coefficient (Wildman–Crippen LogP) is 3.07. The molecule has 19 heavy (non-hydrogen) atoms. The lowest BCUT2D eigenvalue weighted by atomic mass is 9.80. The fraction of sp³-hybridized carbons (Fsp3) is 0.312. The smallest absolute Gasteiger partial charge is 0.251 e. The molecule has 1 unspecified atom stereocenters. The van der Waals surface area contributed by atoms with Gasteiger partial charge in [-0.1, -0.05) is 24.3 Å². The number of nitrogens with one attached hydrogen (secondary N) is 1. The summed E-state index contributed by atoms with van der Waals surface area (Å²) in [5, 5.41) is 0. The highest BCUT2D eigenvalue weighted by Gasteiger charge is 2.35. The van der Waals surface area contributed by atoms with E-state index in [-0.39, 0.29) is 17.1 Å². The monoisotopic (exact) mass is 255 g/mol. The third kappa shape index (κ3) is 2.16. The third-order valence-corrected chi connectivity index (χ3v) is 3.60. The third-order valence-electron chi connectivity index (χ3n) is 3.60. The number of fused-ring (bicyclic) bond motifs is 1. The Morgan fingerprint density at radius 2 is 1.89 bits per heavy atom. The van der Waals surface area contributed by atoms with Gasteiger partial charge in [0.15, 0.2) is 0 Å². The molecule has 0 spiro atoms. The van der Waals surface area contributed by atoms with Gasteiger partial charge in [-0.2, -0.15) is 0 Å². The van der Waals surface area contributed by atoms with E-state index in [1.165, 1.54) is 0 Å². The molecule has 1 aromatic heterocycles. The molecule has 0 aliphatic carbocycles. The van der Waals surface area contributed by atoms with Crippen LogP contribution in [0.2, 0.25) is 0 Å². The van der Waals surface area contributed by atoms with Gasteiger partial charge in [0.2, 0.25) is 0 Å². The van der Waals surface area contributed by atoms with Crippen LogP contribution in [0.25, 0.3) is 0 Å². The van der Waals surface area contributed by atoms with Gasteiger partial charge in [-0.15, -0.1) is 0 Å². The summed E-state index contributed by atoms with van der Waals surface area (Å²) >= 11 is 0. The summed E-state index contributed by atoms with van der Waals surface area (Å²) in [6, 6.07) is 11.8. The number of H-pyrrole nitrogens is 1. The van der Waals surface area contributed by atoms with Crippen LogP contribution in [0.4, 0.5) is 0 Å². The van der Waals surface area contributed by atoms with Crippen molar-refractivity contribution < 1.29 is 4.74 Å². The SMILES string of the molecule is CC1(C)CC(c2ccc[nH]c2=O)c2ccccc2O1. The van der Waals surface area contributed by atoms with E-state index < -0.39 is 0 Å². The Morgan fingerprint density at radius 1 is 1.16 bits per heavy atom. The molecule has 1 N–H and O–H groups in total. The standard InChI is InChI=1S/C16H17NO2/c1-16(2)10-13(12-7-5-9-17-15(12)18)11-6-3-4-8-14(11)19-16/h3-9,13H,10H2,1-2H3,(H,17,18). The van der Waals surface area contributed by atoms with Crippen LogP contribution in [0, 0.1) is 0 Å². The zero-order valence-electron chi connectivity index (χ0n) is 11.1. The highest BCUT2D eigenvalue weighted by molar-refractivity contribution is 5.44. The Labute approximate surface area is 112 Å². The first kappa shape index (κ1) is 12.0. The molecule has 3 heteroatoms. The molecule has 2 aromatic rings. The molecule has 0 bridgehead atoms. The van der Waals surface area contributed by atoms with E-state index in [1.807, 2.05) is 36.4 Å². The zero-order valence-corrected chi connectivity index (χ0v) is 11.1. The lowest BCUT2D eigenvalue weighted by Crippen LogP contribution is -2.36. The van der Waals surface area contributed by atoms with Gasteiger partial charge in [0.05, 0.1) is 0 Å². The molecule has 1 aliphatic rings. The van der Waals surface area contributed by atoms with Gasteiger partial charge in [-0.25, -0.2) is 0 Å². The van der Waals surface area contributed by atoms with Crippen LogP contribution in [0.1, 0.15) is 37.3 Å². The number of hydrogen-bond acceptors (Lipinski definition) is 2. The van der Waals surface area contributed by atoms with Gasteiger partial charge in [-0.3, -0.25) is 4.79 Å². The molecular formula is C16H17NO2. The number of para-hydroxylation sites is 1. The first-order chi connectivity index (χ1) is 9.07. The summed E-state index contributed by atoms with van der Waals surface area (Å²) in [5.74, 6) is 0.969. The molecule has 1 atom stereocenters. The minimum atomic E-state index is -0.263. The Bertz CT molecular complexity index is 658. The highest BCUT2D eigenvalue weighted by atomic mass is 16.5. The van der Waals surface area contributed by atoms with Crippen LogP contribution in [-0.2, 0) is 0 Å². The van der Waals surface area contributed by atoms with Crippen LogP contribution in [0.5, 0.6) is 5.75 Å². The summed E-state index contributed by atoms with van der Waals surface area (Å²) in [6.45, 7) is 4.13. The quantitative estimate of drug-likeness (QED) is 0.851. The maximum atomic E-state index is 12.0. The number of rotatable bonds is 1. The fourth-order valence-electron chi connectivity index (χ4n) is 2.79. The van der Waals surface area contributed by atoms with Gasteiger partial charge in [0.25, 0.3) is 5.56 Å². The molecular weight excluding hydrogens is 238 g/mol. The minimum absolute atomic E-state index is 0.0139. The maximum Gasteiger partial charge on any atom is 0.251 e. The number of ether oxygens (including phenoxy) is 1. The van der Waals surface area contributed by atoms with Gasteiger partial charge < -0.3 is 9.72 Å². The van der Waals surface area contributed by atoms with Crippen molar-refractivity contribution in [3.8, 4) is 5.75 Å². The van der Waals surface area contributed by atoms with E-state index in [4.69, 9.17) is 4.74 Å². The van der Waals surface area contributed by atoms with E-state index in [0.717, 1.165) is 23.3 Å². The Hall–Kier alpha value is -2.03. The van der Waals surface area contributed by atoms with Crippen molar-refractivity contribution >= 4 is 0 Å². The van der Waals surface area contributed by atoms with Crippen LogP contribution in [-0.4, -0.2) is 10.6 Å². The molecule has 1 aromatic carbocycles. The Kier molecular flexibility index (Phi) is 2.70. The second-order valence-corrected chi connectivity index (χ2v) is 5.61. The molecule has 98 valence electrons. The van der Waals surface area contributed by atoms with E-state index >= 15 is 0 Å². The van der Waals surface area contributed by atoms with E-state index in [2.05, 4.69) is 18.8 Å². The molecule has 0 saturated carbocycles. The lowest BCUT2D eigenvalue weighted by molar-refractivity contribution is 0.0773.